The molecule has 1 aliphatic carbocycles. The molecule has 2 N–H and O–H groups in total. The van der Waals surface area contributed by atoms with Gasteiger partial charge in [-0.2, -0.15) is 0 Å². The van der Waals surface area contributed by atoms with Gasteiger partial charge in [-0.15, -0.1) is 11.3 Å². The number of rotatable bonds is 4. The molecule has 0 unspecified atom stereocenters. The second-order valence-electron chi connectivity index (χ2n) is 6.03. The highest BCUT2D eigenvalue weighted by molar-refractivity contribution is 7.80. The van der Waals surface area contributed by atoms with Crippen LogP contribution in [-0.4, -0.2) is 18.2 Å². The van der Waals surface area contributed by atoms with Gasteiger partial charge in [0.05, 0.1) is 23.2 Å². The van der Waals surface area contributed by atoms with E-state index in [0.29, 0.717) is 21.4 Å². The minimum atomic E-state index is -0.474. The maximum absolute atomic E-state index is 11.8. The van der Waals surface area contributed by atoms with Crippen molar-refractivity contribution in [2.75, 3.05) is 12.4 Å². The van der Waals surface area contributed by atoms with Gasteiger partial charge < -0.3 is 15.4 Å². The first-order chi connectivity index (χ1) is 12.0. The van der Waals surface area contributed by atoms with Crippen molar-refractivity contribution in [3.63, 3.8) is 0 Å². The van der Waals surface area contributed by atoms with Gasteiger partial charge in [0.15, 0.2) is 5.11 Å². The number of anilines is 1. The van der Waals surface area contributed by atoms with Gasteiger partial charge in [0, 0.05) is 10.6 Å². The molecule has 1 saturated carbocycles. The van der Waals surface area contributed by atoms with Crippen molar-refractivity contribution in [1.29, 1.82) is 0 Å². The van der Waals surface area contributed by atoms with Crippen LogP contribution in [0.2, 0.25) is 5.02 Å². The molecular weight excluding hydrogens is 376 g/mol. The zero-order valence-electron chi connectivity index (χ0n) is 13.8. The Balaban J connectivity index is 1.75. The number of thiophene rings is 1. The fraction of sp³-hybridized carbons (Fsp3) is 0.333. The Morgan fingerprint density at radius 2 is 2.08 bits per heavy atom. The molecule has 1 aromatic heterocycles. The minimum absolute atomic E-state index is 0.101. The van der Waals surface area contributed by atoms with Crippen LogP contribution in [0.3, 0.4) is 0 Å². The summed E-state index contributed by atoms with van der Waals surface area (Å²) in [4.78, 5) is 13.1. The Kier molecular flexibility index (Phi) is 5.61. The van der Waals surface area contributed by atoms with Crippen LogP contribution in [0.25, 0.3) is 0 Å². The maximum atomic E-state index is 11.8. The van der Waals surface area contributed by atoms with Gasteiger partial charge in [-0.3, -0.25) is 0 Å². The third kappa shape index (κ3) is 3.97. The van der Waals surface area contributed by atoms with E-state index in [1.807, 2.05) is 0 Å². The highest BCUT2D eigenvalue weighted by Crippen LogP contribution is 2.40. The van der Waals surface area contributed by atoms with Gasteiger partial charge in [-0.1, -0.05) is 30.5 Å². The Bertz CT molecular complexity index is 771. The molecule has 4 nitrogen and oxygen atoms in total. The first kappa shape index (κ1) is 18.2. The van der Waals surface area contributed by atoms with E-state index in [0.717, 1.165) is 12.8 Å². The molecule has 0 atom stereocenters. The largest absolute Gasteiger partial charge is 0.465 e. The van der Waals surface area contributed by atoms with Crippen LogP contribution in [0.1, 0.15) is 40.9 Å². The number of hydrogen-bond acceptors (Lipinski definition) is 4. The Morgan fingerprint density at radius 3 is 2.72 bits per heavy atom. The van der Waals surface area contributed by atoms with E-state index in [4.69, 9.17) is 28.6 Å². The summed E-state index contributed by atoms with van der Waals surface area (Å²) >= 11 is 13.3. The Hall–Kier alpha value is -1.63. The van der Waals surface area contributed by atoms with Crippen molar-refractivity contribution in [3.8, 4) is 0 Å². The standard InChI is InChI=1S/C18H19ClN2O2S2/c1-23-16(22)13-11-12(6-7-14(13)19)20-17(24)21-18(8-2-3-9-18)15-5-4-10-25-15/h4-7,10-11H,2-3,8-9H2,1H3,(H2,20,21,24). The minimum Gasteiger partial charge on any atom is -0.465 e. The Labute approximate surface area is 161 Å². The topological polar surface area (TPSA) is 50.4 Å². The van der Waals surface area contributed by atoms with Gasteiger partial charge in [-0.05, 0) is 54.7 Å². The first-order valence-corrected chi connectivity index (χ1v) is 9.72. The summed E-state index contributed by atoms with van der Waals surface area (Å²) < 4.78 is 4.75. The van der Waals surface area contributed by atoms with Crippen molar-refractivity contribution in [2.45, 2.75) is 31.2 Å². The third-order valence-electron chi connectivity index (χ3n) is 4.43. The molecule has 3 rings (SSSR count). The third-order valence-corrected chi connectivity index (χ3v) is 6.04. The molecule has 0 amide bonds. The van der Waals surface area contributed by atoms with E-state index in [2.05, 4.69) is 28.1 Å². The molecule has 7 heteroatoms. The Morgan fingerprint density at radius 1 is 1.32 bits per heavy atom. The summed E-state index contributed by atoms with van der Waals surface area (Å²) in [6.07, 6.45) is 4.48. The summed E-state index contributed by atoms with van der Waals surface area (Å²) in [5, 5.41) is 9.64. The predicted molar refractivity (Wildman–Crippen MR) is 107 cm³/mol. The summed E-state index contributed by atoms with van der Waals surface area (Å²) in [5.41, 5.74) is 0.906. The van der Waals surface area contributed by atoms with E-state index in [9.17, 15) is 4.79 Å². The van der Waals surface area contributed by atoms with Crippen molar-refractivity contribution in [3.05, 3.63) is 51.2 Å². The number of carbonyl (C=O) groups excluding carboxylic acids is 1. The molecular formula is C18H19ClN2O2S2. The molecule has 2 aromatic rings. The number of nitrogens with one attached hydrogen (secondary N) is 2. The number of halogens is 1. The second-order valence-corrected chi connectivity index (χ2v) is 7.79. The zero-order valence-corrected chi connectivity index (χ0v) is 16.2. The lowest BCUT2D eigenvalue weighted by molar-refractivity contribution is 0.0601. The van der Waals surface area contributed by atoms with E-state index in [-0.39, 0.29) is 5.54 Å². The highest BCUT2D eigenvalue weighted by atomic mass is 35.5. The smallest absolute Gasteiger partial charge is 0.339 e. The molecule has 0 saturated heterocycles. The van der Waals surface area contributed by atoms with Crippen LogP contribution in [-0.2, 0) is 10.3 Å². The van der Waals surface area contributed by atoms with Crippen molar-refractivity contribution < 1.29 is 9.53 Å². The fourth-order valence-electron chi connectivity index (χ4n) is 3.21. The zero-order chi connectivity index (χ0) is 17.9. The molecule has 0 bridgehead atoms. The highest BCUT2D eigenvalue weighted by Gasteiger charge is 2.37. The van der Waals surface area contributed by atoms with E-state index in [1.54, 1.807) is 29.5 Å². The first-order valence-electron chi connectivity index (χ1n) is 8.05. The quantitative estimate of drug-likeness (QED) is 0.568. The number of methoxy groups -OCH3 is 1. The van der Waals surface area contributed by atoms with Crippen LogP contribution in [0.15, 0.2) is 35.7 Å². The molecule has 1 aromatic carbocycles. The molecule has 25 heavy (non-hydrogen) atoms. The number of carbonyl (C=O) groups is 1. The van der Waals surface area contributed by atoms with E-state index >= 15 is 0 Å². The number of benzene rings is 1. The van der Waals surface area contributed by atoms with Gasteiger partial charge in [0.1, 0.15) is 0 Å². The molecule has 1 fully saturated rings. The average Bonchev–Trinajstić information content (AvgIpc) is 3.28. The fourth-order valence-corrected chi connectivity index (χ4v) is 4.66. The number of esters is 1. The van der Waals surface area contributed by atoms with Crippen LogP contribution in [0.5, 0.6) is 0 Å². The molecule has 0 spiro atoms. The van der Waals surface area contributed by atoms with Gasteiger partial charge in [0.2, 0.25) is 0 Å². The number of hydrogen-bond donors (Lipinski definition) is 2. The van der Waals surface area contributed by atoms with Crippen LogP contribution in [0.4, 0.5) is 5.69 Å². The maximum Gasteiger partial charge on any atom is 0.339 e. The number of thiocarbonyl (C=S) groups is 1. The lowest BCUT2D eigenvalue weighted by atomic mass is 9.96. The normalized spacial score (nSPS) is 15.6. The van der Waals surface area contributed by atoms with Crippen molar-refractivity contribution in [1.82, 2.24) is 5.32 Å². The SMILES string of the molecule is COC(=O)c1cc(NC(=S)NC2(c3cccs3)CCCC2)ccc1Cl. The van der Waals surface area contributed by atoms with Crippen LogP contribution in [0, 0.1) is 0 Å². The molecule has 0 aliphatic heterocycles. The molecule has 0 radical (unpaired) electrons. The monoisotopic (exact) mass is 394 g/mol. The van der Waals surface area contributed by atoms with E-state index < -0.39 is 5.97 Å². The summed E-state index contributed by atoms with van der Waals surface area (Å²) in [6.45, 7) is 0. The lowest BCUT2D eigenvalue weighted by Crippen LogP contribution is -2.45. The predicted octanol–water partition coefficient (Wildman–Crippen LogP) is 4.94. The lowest BCUT2D eigenvalue weighted by Gasteiger charge is -2.31. The van der Waals surface area contributed by atoms with Crippen molar-refractivity contribution in [2.24, 2.45) is 0 Å². The van der Waals surface area contributed by atoms with Gasteiger partial charge in [0.25, 0.3) is 0 Å². The second kappa shape index (κ2) is 7.72. The van der Waals surface area contributed by atoms with Crippen LogP contribution >= 0.6 is 35.2 Å². The molecule has 132 valence electrons. The number of ether oxygens (including phenoxy) is 1. The van der Waals surface area contributed by atoms with E-state index in [1.165, 1.54) is 24.8 Å². The van der Waals surface area contributed by atoms with Crippen molar-refractivity contribution >= 4 is 51.9 Å². The average molecular weight is 395 g/mol. The molecule has 1 aliphatic rings. The van der Waals surface area contributed by atoms with Gasteiger partial charge in [-0.25, -0.2) is 4.79 Å². The van der Waals surface area contributed by atoms with Crippen LogP contribution < -0.4 is 10.6 Å². The summed E-state index contributed by atoms with van der Waals surface area (Å²) in [6, 6.07) is 9.32. The summed E-state index contributed by atoms with van der Waals surface area (Å²) in [7, 11) is 1.33. The summed E-state index contributed by atoms with van der Waals surface area (Å²) in [5.74, 6) is -0.474. The van der Waals surface area contributed by atoms with Gasteiger partial charge >= 0.3 is 5.97 Å². The molecule has 1 heterocycles.